The highest BCUT2D eigenvalue weighted by atomic mass is 35.5. The van der Waals surface area contributed by atoms with Crippen molar-refractivity contribution in [2.45, 2.75) is 18.8 Å². The van der Waals surface area contributed by atoms with E-state index in [0.29, 0.717) is 16.1 Å². The van der Waals surface area contributed by atoms with E-state index < -0.39 is 0 Å². The van der Waals surface area contributed by atoms with E-state index in [1.165, 1.54) is 11.5 Å². The van der Waals surface area contributed by atoms with Crippen molar-refractivity contribution in [1.82, 2.24) is 14.3 Å². The molecule has 4 rings (SSSR count). The minimum atomic E-state index is 0.106. The number of halogens is 2. The van der Waals surface area contributed by atoms with Crippen LogP contribution in [0.15, 0.2) is 35.7 Å². The molecule has 1 saturated heterocycles. The number of piperidine rings is 1. The highest BCUT2D eigenvalue weighted by Crippen LogP contribution is 2.39. The van der Waals surface area contributed by atoms with E-state index in [1.54, 1.807) is 11.3 Å². The number of aromatic nitrogens is 2. The predicted octanol–water partition coefficient (Wildman–Crippen LogP) is 5.59. The predicted molar refractivity (Wildman–Crippen MR) is 108 cm³/mol. The fraction of sp³-hybridized carbons (Fsp3) is 0.278. The number of hydrogen-bond acceptors (Lipinski definition) is 5. The SMILES string of the molecule is O=C(c1ccccc1)N1CCC(c2nc(-c3snc(Cl)c3Cl)cs2)CC1. The number of hydrogen-bond donors (Lipinski definition) is 0. The average Bonchev–Trinajstić information content (AvgIpc) is 3.29. The van der Waals surface area contributed by atoms with Gasteiger partial charge in [-0.15, -0.1) is 11.3 Å². The summed E-state index contributed by atoms with van der Waals surface area (Å²) in [6.45, 7) is 1.50. The minimum Gasteiger partial charge on any atom is -0.339 e. The van der Waals surface area contributed by atoms with Crippen LogP contribution >= 0.6 is 46.1 Å². The summed E-state index contributed by atoms with van der Waals surface area (Å²) < 4.78 is 4.07. The lowest BCUT2D eigenvalue weighted by Gasteiger charge is -2.31. The summed E-state index contributed by atoms with van der Waals surface area (Å²) in [4.78, 5) is 20.0. The molecule has 1 aromatic carbocycles. The van der Waals surface area contributed by atoms with Gasteiger partial charge in [0.25, 0.3) is 5.91 Å². The first-order chi connectivity index (χ1) is 12.6. The van der Waals surface area contributed by atoms with Crippen molar-refractivity contribution in [2.24, 2.45) is 0 Å². The van der Waals surface area contributed by atoms with Crippen molar-refractivity contribution in [3.63, 3.8) is 0 Å². The highest BCUT2D eigenvalue weighted by Gasteiger charge is 2.27. The van der Waals surface area contributed by atoms with Gasteiger partial charge in [0.2, 0.25) is 0 Å². The normalized spacial score (nSPS) is 15.4. The van der Waals surface area contributed by atoms with Gasteiger partial charge in [-0.05, 0) is 36.5 Å². The molecule has 0 atom stereocenters. The number of carbonyl (C=O) groups excluding carboxylic acids is 1. The van der Waals surface area contributed by atoms with Gasteiger partial charge in [-0.3, -0.25) is 4.79 Å². The molecule has 1 aliphatic rings. The molecular weight excluding hydrogens is 409 g/mol. The van der Waals surface area contributed by atoms with Crippen molar-refractivity contribution in [3.05, 3.63) is 56.5 Å². The molecule has 1 aliphatic heterocycles. The molecule has 0 aliphatic carbocycles. The van der Waals surface area contributed by atoms with Gasteiger partial charge >= 0.3 is 0 Å². The van der Waals surface area contributed by atoms with E-state index >= 15 is 0 Å². The second-order valence-electron chi connectivity index (χ2n) is 6.12. The number of benzene rings is 1. The zero-order valence-corrected chi connectivity index (χ0v) is 16.8. The number of likely N-dealkylation sites (tertiary alicyclic amines) is 1. The third kappa shape index (κ3) is 3.51. The van der Waals surface area contributed by atoms with Gasteiger partial charge in [-0.2, -0.15) is 4.37 Å². The maximum atomic E-state index is 12.6. The Morgan fingerprint density at radius 3 is 2.54 bits per heavy atom. The fourth-order valence-electron chi connectivity index (χ4n) is 3.09. The van der Waals surface area contributed by atoms with Crippen molar-refractivity contribution >= 4 is 52.0 Å². The molecule has 1 amide bonds. The van der Waals surface area contributed by atoms with E-state index in [0.717, 1.165) is 47.1 Å². The largest absolute Gasteiger partial charge is 0.339 e. The lowest BCUT2D eigenvalue weighted by Crippen LogP contribution is -2.37. The first kappa shape index (κ1) is 17.9. The van der Waals surface area contributed by atoms with E-state index in [1.807, 2.05) is 40.6 Å². The summed E-state index contributed by atoms with van der Waals surface area (Å²) >= 11 is 15.0. The van der Waals surface area contributed by atoms with E-state index in [9.17, 15) is 4.79 Å². The molecule has 3 heterocycles. The Hall–Kier alpha value is -1.47. The van der Waals surface area contributed by atoms with Gasteiger partial charge in [0.15, 0.2) is 5.15 Å². The number of nitrogens with zero attached hydrogens (tertiary/aromatic N) is 3. The number of amides is 1. The molecule has 0 bridgehead atoms. The molecular formula is C18H15Cl2N3OS2. The Morgan fingerprint density at radius 1 is 1.15 bits per heavy atom. The van der Waals surface area contributed by atoms with Crippen molar-refractivity contribution in [2.75, 3.05) is 13.1 Å². The fourth-order valence-corrected chi connectivity index (χ4v) is 5.33. The van der Waals surface area contributed by atoms with E-state index in [4.69, 9.17) is 28.2 Å². The van der Waals surface area contributed by atoms with Crippen molar-refractivity contribution in [3.8, 4) is 10.6 Å². The van der Waals surface area contributed by atoms with Crippen LogP contribution in [0, 0.1) is 0 Å². The van der Waals surface area contributed by atoms with Gasteiger partial charge in [-0.25, -0.2) is 4.98 Å². The Morgan fingerprint density at radius 2 is 1.88 bits per heavy atom. The van der Waals surface area contributed by atoms with Gasteiger partial charge in [-0.1, -0.05) is 41.4 Å². The summed E-state index contributed by atoms with van der Waals surface area (Å²) in [5.41, 5.74) is 1.58. The molecule has 0 unspecified atom stereocenters. The topological polar surface area (TPSA) is 46.1 Å². The lowest BCUT2D eigenvalue weighted by molar-refractivity contribution is 0.0713. The zero-order chi connectivity index (χ0) is 18.1. The van der Waals surface area contributed by atoms with Crippen LogP contribution in [0.2, 0.25) is 10.2 Å². The monoisotopic (exact) mass is 423 g/mol. The summed E-state index contributed by atoms with van der Waals surface area (Å²) in [5, 5.41) is 3.89. The highest BCUT2D eigenvalue weighted by molar-refractivity contribution is 7.12. The second-order valence-corrected chi connectivity index (χ2v) is 8.52. The summed E-state index contributed by atoms with van der Waals surface area (Å²) in [6.07, 6.45) is 1.84. The zero-order valence-electron chi connectivity index (χ0n) is 13.7. The van der Waals surface area contributed by atoms with Crippen LogP contribution in [0.25, 0.3) is 10.6 Å². The molecule has 134 valence electrons. The third-order valence-corrected chi connectivity index (χ3v) is 7.33. The molecule has 4 nitrogen and oxygen atoms in total. The van der Waals surface area contributed by atoms with Crippen molar-refractivity contribution in [1.29, 1.82) is 0 Å². The smallest absolute Gasteiger partial charge is 0.253 e. The number of carbonyl (C=O) groups is 1. The number of rotatable bonds is 3. The second kappa shape index (κ2) is 7.64. The maximum absolute atomic E-state index is 12.6. The van der Waals surface area contributed by atoms with Crippen LogP contribution in [0.3, 0.4) is 0 Å². The lowest BCUT2D eigenvalue weighted by atomic mass is 9.97. The maximum Gasteiger partial charge on any atom is 0.253 e. The first-order valence-corrected chi connectivity index (χ1v) is 10.6. The van der Waals surface area contributed by atoms with Crippen LogP contribution in [0.4, 0.5) is 0 Å². The van der Waals surface area contributed by atoms with Crippen LogP contribution in [0.5, 0.6) is 0 Å². The minimum absolute atomic E-state index is 0.106. The molecule has 26 heavy (non-hydrogen) atoms. The van der Waals surface area contributed by atoms with Gasteiger partial charge in [0, 0.05) is 30.0 Å². The van der Waals surface area contributed by atoms with E-state index in [-0.39, 0.29) is 5.91 Å². The molecule has 8 heteroatoms. The van der Waals surface area contributed by atoms with Crippen molar-refractivity contribution < 1.29 is 4.79 Å². The number of thiazole rings is 1. The summed E-state index contributed by atoms with van der Waals surface area (Å²) in [5.74, 6) is 0.478. The molecule has 1 fully saturated rings. The van der Waals surface area contributed by atoms with Gasteiger partial charge < -0.3 is 4.90 Å². The van der Waals surface area contributed by atoms with Crippen LogP contribution in [-0.2, 0) is 0 Å². The van der Waals surface area contributed by atoms with Gasteiger partial charge in [0.05, 0.1) is 20.6 Å². The Bertz CT molecular complexity index is 918. The van der Waals surface area contributed by atoms with Crippen LogP contribution < -0.4 is 0 Å². The standard InChI is InChI=1S/C18H15Cl2N3OS2/c19-14-15(26-22-16(14)20)13-10-25-17(21-13)11-6-8-23(9-7-11)18(24)12-4-2-1-3-5-12/h1-5,10-11H,6-9H2. The molecule has 0 radical (unpaired) electrons. The Balaban J connectivity index is 1.42. The van der Waals surface area contributed by atoms with E-state index in [2.05, 4.69) is 4.37 Å². The average molecular weight is 424 g/mol. The molecule has 0 saturated carbocycles. The quantitative estimate of drug-likeness (QED) is 0.550. The third-order valence-electron chi connectivity index (χ3n) is 4.50. The van der Waals surface area contributed by atoms with Gasteiger partial charge in [0.1, 0.15) is 0 Å². The molecule has 0 spiro atoms. The Kier molecular flexibility index (Phi) is 5.27. The molecule has 3 aromatic rings. The molecule has 2 aromatic heterocycles. The summed E-state index contributed by atoms with van der Waals surface area (Å²) in [6, 6.07) is 9.45. The Labute approximate surface area is 169 Å². The molecule has 0 N–H and O–H groups in total. The van der Waals surface area contributed by atoms with Crippen LogP contribution in [-0.4, -0.2) is 33.3 Å². The first-order valence-electron chi connectivity index (χ1n) is 8.24. The summed E-state index contributed by atoms with van der Waals surface area (Å²) in [7, 11) is 0. The van der Waals surface area contributed by atoms with Crippen LogP contribution in [0.1, 0.15) is 34.1 Å².